The molecule has 0 spiro atoms. The summed E-state index contributed by atoms with van der Waals surface area (Å²) in [5, 5.41) is 0.407. The second kappa shape index (κ2) is 9.32. The van der Waals surface area contributed by atoms with Gasteiger partial charge in [0.1, 0.15) is 0 Å². The van der Waals surface area contributed by atoms with E-state index >= 15 is 0 Å². The number of hydrogen-bond acceptors (Lipinski definition) is 1. The molecule has 2 heteroatoms. The molecule has 0 unspecified atom stereocenters. The van der Waals surface area contributed by atoms with E-state index in [-0.39, 0.29) is 5.78 Å². The molecule has 18 heavy (non-hydrogen) atoms. The van der Waals surface area contributed by atoms with Crippen molar-refractivity contribution in [1.29, 1.82) is 0 Å². The Hall–Kier alpha value is -0.630. The van der Waals surface area contributed by atoms with Crippen LogP contribution in [0.3, 0.4) is 0 Å². The van der Waals surface area contributed by atoms with Gasteiger partial charge in [-0.05, 0) is 18.4 Å². The number of carbonyl (C=O) groups is 1. The summed E-state index contributed by atoms with van der Waals surface area (Å²) in [7, 11) is 0. The van der Waals surface area contributed by atoms with E-state index in [2.05, 4.69) is 35.0 Å². The molecule has 0 N–H and O–H groups in total. The molecule has 0 heterocycles. The monoisotopic (exact) mass is 310 g/mol. The van der Waals surface area contributed by atoms with Gasteiger partial charge >= 0.3 is 0 Å². The number of benzene rings is 1. The molecule has 0 saturated heterocycles. The first-order valence-electron chi connectivity index (χ1n) is 6.96. The summed E-state index contributed by atoms with van der Waals surface area (Å²) < 4.78 is 0. The maximum atomic E-state index is 11.4. The van der Waals surface area contributed by atoms with Crippen molar-refractivity contribution in [3.63, 3.8) is 0 Å². The summed E-state index contributed by atoms with van der Waals surface area (Å²) in [4.78, 5) is 11.4. The molecule has 0 saturated carbocycles. The molecular formula is C16H23BrO. The lowest BCUT2D eigenvalue weighted by Gasteiger charge is -2.03. The molecule has 0 radical (unpaired) electrons. The topological polar surface area (TPSA) is 17.1 Å². The van der Waals surface area contributed by atoms with Crippen molar-refractivity contribution in [3.8, 4) is 0 Å². The van der Waals surface area contributed by atoms with Crippen LogP contribution in [-0.2, 0) is 6.42 Å². The molecule has 0 aromatic heterocycles. The summed E-state index contributed by atoms with van der Waals surface area (Å²) in [5.74, 6) is 0.154. The van der Waals surface area contributed by atoms with Gasteiger partial charge in [-0.1, -0.05) is 79.2 Å². The lowest BCUT2D eigenvalue weighted by Crippen LogP contribution is -1.99. The van der Waals surface area contributed by atoms with E-state index in [9.17, 15) is 4.79 Å². The van der Waals surface area contributed by atoms with Crippen LogP contribution in [0.4, 0.5) is 0 Å². The van der Waals surface area contributed by atoms with Crippen LogP contribution in [0.25, 0.3) is 0 Å². The molecule has 0 bridgehead atoms. The molecule has 100 valence electrons. The van der Waals surface area contributed by atoms with Crippen LogP contribution in [0, 0.1) is 0 Å². The largest absolute Gasteiger partial charge is 0.293 e. The maximum Gasteiger partial charge on any atom is 0.173 e. The minimum atomic E-state index is 0.154. The summed E-state index contributed by atoms with van der Waals surface area (Å²) in [5.41, 5.74) is 2.15. The zero-order valence-corrected chi connectivity index (χ0v) is 12.8. The second-order valence-electron chi connectivity index (χ2n) is 4.77. The number of alkyl halides is 1. The molecule has 0 aliphatic rings. The van der Waals surface area contributed by atoms with E-state index in [1.807, 2.05) is 12.1 Å². The van der Waals surface area contributed by atoms with Gasteiger partial charge in [0, 0.05) is 5.56 Å². The molecular weight excluding hydrogens is 288 g/mol. The molecule has 0 aliphatic heterocycles. The zero-order valence-electron chi connectivity index (χ0n) is 11.3. The third kappa shape index (κ3) is 5.81. The average Bonchev–Trinajstić information content (AvgIpc) is 2.42. The lowest BCUT2D eigenvalue weighted by molar-refractivity contribution is 0.102. The highest BCUT2D eigenvalue weighted by atomic mass is 79.9. The molecule has 1 aromatic rings. The van der Waals surface area contributed by atoms with Crippen LogP contribution >= 0.6 is 15.9 Å². The fourth-order valence-corrected chi connectivity index (χ4v) is 2.37. The Morgan fingerprint density at radius 2 is 1.61 bits per heavy atom. The number of halogens is 1. The standard InChI is InChI=1S/C16H23BrO/c1-2-3-4-5-6-7-8-14-9-11-15(12-10-14)16(18)13-17/h9-12H,2-8,13H2,1H3. The highest BCUT2D eigenvalue weighted by Crippen LogP contribution is 2.11. The summed E-state index contributed by atoms with van der Waals surface area (Å²) in [6, 6.07) is 8.05. The van der Waals surface area contributed by atoms with Gasteiger partial charge in [-0.3, -0.25) is 4.79 Å². The van der Waals surface area contributed by atoms with Gasteiger partial charge in [0.2, 0.25) is 0 Å². The van der Waals surface area contributed by atoms with Crippen molar-refractivity contribution in [2.75, 3.05) is 5.33 Å². The fraction of sp³-hybridized carbons (Fsp3) is 0.562. The second-order valence-corrected chi connectivity index (χ2v) is 5.33. The predicted molar refractivity (Wildman–Crippen MR) is 81.6 cm³/mol. The van der Waals surface area contributed by atoms with Gasteiger partial charge in [0.05, 0.1) is 5.33 Å². The summed E-state index contributed by atoms with van der Waals surface area (Å²) in [6.45, 7) is 2.25. The molecule has 1 rings (SSSR count). The number of unbranched alkanes of at least 4 members (excludes halogenated alkanes) is 5. The van der Waals surface area contributed by atoms with E-state index in [4.69, 9.17) is 0 Å². The molecule has 1 aromatic carbocycles. The Kier molecular flexibility index (Phi) is 7.99. The average molecular weight is 311 g/mol. The third-order valence-corrected chi connectivity index (χ3v) is 3.73. The first-order chi connectivity index (χ1) is 8.77. The highest BCUT2D eigenvalue weighted by Gasteiger charge is 2.02. The van der Waals surface area contributed by atoms with Crippen LogP contribution in [-0.4, -0.2) is 11.1 Å². The van der Waals surface area contributed by atoms with E-state index < -0.39 is 0 Å². The lowest BCUT2D eigenvalue weighted by atomic mass is 10.0. The van der Waals surface area contributed by atoms with E-state index in [0.717, 1.165) is 12.0 Å². The van der Waals surface area contributed by atoms with Gasteiger partial charge in [-0.2, -0.15) is 0 Å². The van der Waals surface area contributed by atoms with Gasteiger partial charge in [0.15, 0.2) is 5.78 Å². The van der Waals surface area contributed by atoms with Crippen LogP contribution in [0.1, 0.15) is 61.4 Å². The fourth-order valence-electron chi connectivity index (χ4n) is 2.04. The molecule has 0 aliphatic carbocycles. The first-order valence-corrected chi connectivity index (χ1v) is 8.08. The van der Waals surface area contributed by atoms with Crippen molar-refractivity contribution in [3.05, 3.63) is 35.4 Å². The normalized spacial score (nSPS) is 10.6. The predicted octanol–water partition coefficient (Wildman–Crippen LogP) is 5.17. The Morgan fingerprint density at radius 1 is 1.00 bits per heavy atom. The number of aryl methyl sites for hydroxylation is 1. The van der Waals surface area contributed by atoms with Crippen molar-refractivity contribution in [1.82, 2.24) is 0 Å². The van der Waals surface area contributed by atoms with E-state index in [0.29, 0.717) is 5.33 Å². The minimum absolute atomic E-state index is 0.154. The number of rotatable bonds is 9. The molecule has 0 atom stereocenters. The van der Waals surface area contributed by atoms with Crippen LogP contribution in [0.2, 0.25) is 0 Å². The number of hydrogen-bond donors (Lipinski definition) is 0. The zero-order chi connectivity index (χ0) is 13.2. The third-order valence-electron chi connectivity index (χ3n) is 3.22. The maximum absolute atomic E-state index is 11.4. The van der Waals surface area contributed by atoms with Crippen molar-refractivity contribution in [2.45, 2.75) is 51.9 Å². The smallest absolute Gasteiger partial charge is 0.173 e. The van der Waals surface area contributed by atoms with Crippen molar-refractivity contribution in [2.24, 2.45) is 0 Å². The van der Waals surface area contributed by atoms with Gasteiger partial charge in [-0.15, -0.1) is 0 Å². The molecule has 0 amide bonds. The van der Waals surface area contributed by atoms with Gasteiger partial charge in [-0.25, -0.2) is 0 Å². The van der Waals surface area contributed by atoms with Crippen molar-refractivity contribution < 1.29 is 4.79 Å². The van der Waals surface area contributed by atoms with Crippen LogP contribution < -0.4 is 0 Å². The number of ketones is 1. The number of carbonyl (C=O) groups excluding carboxylic acids is 1. The van der Waals surface area contributed by atoms with Crippen LogP contribution in [0.5, 0.6) is 0 Å². The quantitative estimate of drug-likeness (QED) is 0.349. The summed E-state index contributed by atoms with van der Waals surface area (Å²) >= 11 is 3.19. The van der Waals surface area contributed by atoms with Gasteiger partial charge < -0.3 is 0 Å². The SMILES string of the molecule is CCCCCCCCc1ccc(C(=O)CBr)cc1. The summed E-state index contributed by atoms with van der Waals surface area (Å²) in [6.07, 6.45) is 9.11. The van der Waals surface area contributed by atoms with E-state index in [1.54, 1.807) is 0 Å². The molecule has 0 fully saturated rings. The molecule has 1 nitrogen and oxygen atoms in total. The minimum Gasteiger partial charge on any atom is -0.293 e. The van der Waals surface area contributed by atoms with Crippen LogP contribution in [0.15, 0.2) is 24.3 Å². The highest BCUT2D eigenvalue weighted by molar-refractivity contribution is 9.09. The first kappa shape index (κ1) is 15.4. The van der Waals surface area contributed by atoms with E-state index in [1.165, 1.54) is 44.1 Å². The van der Waals surface area contributed by atoms with Crippen molar-refractivity contribution >= 4 is 21.7 Å². The number of Topliss-reactive ketones (excluding diaryl/α,β-unsaturated/α-hetero) is 1. The van der Waals surface area contributed by atoms with Gasteiger partial charge in [0.25, 0.3) is 0 Å². The Bertz CT molecular complexity index is 343. The Morgan fingerprint density at radius 3 is 2.22 bits per heavy atom. The Labute approximate surface area is 119 Å². The Balaban J connectivity index is 2.25.